The number of anilines is 1. The van der Waals surface area contributed by atoms with E-state index < -0.39 is 0 Å². The van der Waals surface area contributed by atoms with Crippen LogP contribution in [0.3, 0.4) is 0 Å². The summed E-state index contributed by atoms with van der Waals surface area (Å²) in [5.41, 5.74) is 3.13. The van der Waals surface area contributed by atoms with E-state index in [1.807, 2.05) is 31.2 Å². The van der Waals surface area contributed by atoms with E-state index >= 15 is 0 Å². The second-order valence-corrected chi connectivity index (χ2v) is 6.47. The summed E-state index contributed by atoms with van der Waals surface area (Å²) in [6.07, 6.45) is 0. The highest BCUT2D eigenvalue weighted by Gasteiger charge is 2.20. The van der Waals surface area contributed by atoms with Gasteiger partial charge in [-0.1, -0.05) is 12.1 Å². The number of methoxy groups -OCH3 is 1. The van der Waals surface area contributed by atoms with Crippen molar-refractivity contribution < 1.29 is 19.0 Å². The van der Waals surface area contributed by atoms with Crippen molar-refractivity contribution >= 4 is 11.7 Å². The first-order valence-corrected chi connectivity index (χ1v) is 8.96. The zero-order valence-electron chi connectivity index (χ0n) is 16.0. The van der Waals surface area contributed by atoms with E-state index in [1.165, 1.54) is 0 Å². The van der Waals surface area contributed by atoms with Crippen LogP contribution in [0.4, 0.5) is 5.82 Å². The maximum absolute atomic E-state index is 12.9. The summed E-state index contributed by atoms with van der Waals surface area (Å²) in [5.74, 6) is 2.39. The number of carbonyl (C=O) groups is 1. The Labute approximate surface area is 162 Å². The number of rotatable bonds is 4. The van der Waals surface area contributed by atoms with Crippen molar-refractivity contribution in [1.82, 2.24) is 9.78 Å². The number of fused-ring (bicyclic) bond motifs is 1. The Hall–Kier alpha value is -3.48. The van der Waals surface area contributed by atoms with Crippen LogP contribution in [-0.4, -0.2) is 36.0 Å². The van der Waals surface area contributed by atoms with E-state index in [9.17, 15) is 4.79 Å². The minimum absolute atomic E-state index is 0.241. The van der Waals surface area contributed by atoms with E-state index in [0.29, 0.717) is 36.1 Å². The minimum Gasteiger partial charge on any atom is -0.497 e. The Morgan fingerprint density at radius 2 is 1.82 bits per heavy atom. The standard InChI is InChI=1S/C21H21N3O4/c1-13-19(14-4-7-16(26-3)8-5-14)20(24(2)23-13)22-21(25)15-6-9-17-18(12-15)28-11-10-27-17/h4-9,12H,10-11H2,1-3H3,(H,22,25). The van der Waals surface area contributed by atoms with Gasteiger partial charge in [-0.2, -0.15) is 5.10 Å². The summed E-state index contributed by atoms with van der Waals surface area (Å²) in [6, 6.07) is 12.8. The molecule has 0 saturated heterocycles. The van der Waals surface area contributed by atoms with Crippen molar-refractivity contribution in [2.45, 2.75) is 6.92 Å². The number of carbonyl (C=O) groups excluding carboxylic acids is 1. The van der Waals surface area contributed by atoms with Gasteiger partial charge in [0, 0.05) is 18.2 Å². The lowest BCUT2D eigenvalue weighted by Gasteiger charge is -2.18. The molecule has 1 amide bonds. The molecule has 0 saturated carbocycles. The first-order valence-electron chi connectivity index (χ1n) is 8.96. The topological polar surface area (TPSA) is 74.6 Å². The van der Waals surface area contributed by atoms with Crippen LogP contribution in [0.2, 0.25) is 0 Å². The van der Waals surface area contributed by atoms with Gasteiger partial charge in [0.15, 0.2) is 11.5 Å². The smallest absolute Gasteiger partial charge is 0.256 e. The van der Waals surface area contributed by atoms with Gasteiger partial charge in [-0.3, -0.25) is 9.48 Å². The van der Waals surface area contributed by atoms with Gasteiger partial charge in [0.1, 0.15) is 24.8 Å². The molecule has 0 atom stereocenters. The predicted molar refractivity (Wildman–Crippen MR) is 105 cm³/mol. The Bertz CT molecular complexity index is 1020. The molecule has 2 aromatic carbocycles. The molecule has 1 N–H and O–H groups in total. The minimum atomic E-state index is -0.241. The van der Waals surface area contributed by atoms with Crippen LogP contribution in [-0.2, 0) is 7.05 Å². The third kappa shape index (κ3) is 3.26. The van der Waals surface area contributed by atoms with E-state index in [2.05, 4.69) is 10.4 Å². The predicted octanol–water partition coefficient (Wildman–Crippen LogP) is 3.43. The van der Waals surface area contributed by atoms with Crippen LogP contribution >= 0.6 is 0 Å². The van der Waals surface area contributed by atoms with Crippen LogP contribution in [0.1, 0.15) is 16.1 Å². The zero-order chi connectivity index (χ0) is 19.7. The number of nitrogens with one attached hydrogen (secondary N) is 1. The van der Waals surface area contributed by atoms with E-state index in [0.717, 1.165) is 22.6 Å². The molecule has 28 heavy (non-hydrogen) atoms. The number of nitrogens with zero attached hydrogens (tertiary/aromatic N) is 2. The number of ether oxygens (including phenoxy) is 3. The fourth-order valence-electron chi connectivity index (χ4n) is 3.27. The monoisotopic (exact) mass is 379 g/mol. The summed E-state index contributed by atoms with van der Waals surface area (Å²) in [7, 11) is 3.43. The summed E-state index contributed by atoms with van der Waals surface area (Å²) in [5, 5.41) is 7.46. The van der Waals surface area contributed by atoms with Gasteiger partial charge in [0.05, 0.1) is 12.8 Å². The number of amides is 1. The molecular formula is C21H21N3O4. The maximum atomic E-state index is 12.9. The number of aryl methyl sites for hydroxylation is 2. The molecule has 0 aliphatic carbocycles. The largest absolute Gasteiger partial charge is 0.497 e. The Morgan fingerprint density at radius 3 is 2.54 bits per heavy atom. The summed E-state index contributed by atoms with van der Waals surface area (Å²) >= 11 is 0. The fourth-order valence-corrected chi connectivity index (χ4v) is 3.27. The summed E-state index contributed by atoms with van der Waals surface area (Å²) in [4.78, 5) is 12.9. The Balaban J connectivity index is 1.65. The van der Waals surface area contributed by atoms with Crippen molar-refractivity contribution in [2.24, 2.45) is 7.05 Å². The number of hydrogen-bond donors (Lipinski definition) is 1. The fraction of sp³-hybridized carbons (Fsp3) is 0.238. The van der Waals surface area contributed by atoms with E-state index in [-0.39, 0.29) is 5.91 Å². The van der Waals surface area contributed by atoms with Gasteiger partial charge in [-0.15, -0.1) is 0 Å². The van der Waals surface area contributed by atoms with Crippen LogP contribution in [0, 0.1) is 6.92 Å². The lowest BCUT2D eigenvalue weighted by Crippen LogP contribution is -2.18. The zero-order valence-corrected chi connectivity index (χ0v) is 16.0. The van der Waals surface area contributed by atoms with Crippen molar-refractivity contribution in [1.29, 1.82) is 0 Å². The highest BCUT2D eigenvalue weighted by molar-refractivity contribution is 6.06. The van der Waals surface area contributed by atoms with Gasteiger partial charge in [0.2, 0.25) is 0 Å². The van der Waals surface area contributed by atoms with Crippen molar-refractivity contribution in [3.63, 3.8) is 0 Å². The maximum Gasteiger partial charge on any atom is 0.256 e. The average molecular weight is 379 g/mol. The average Bonchev–Trinajstić information content (AvgIpc) is 3.00. The van der Waals surface area contributed by atoms with Crippen LogP contribution in [0.15, 0.2) is 42.5 Å². The molecule has 4 rings (SSSR count). The quantitative estimate of drug-likeness (QED) is 0.752. The van der Waals surface area contributed by atoms with Crippen molar-refractivity contribution in [3.8, 4) is 28.4 Å². The number of benzene rings is 2. The molecule has 7 heteroatoms. The Morgan fingerprint density at radius 1 is 1.11 bits per heavy atom. The molecule has 1 aliphatic rings. The molecule has 0 radical (unpaired) electrons. The lowest BCUT2D eigenvalue weighted by atomic mass is 10.1. The molecular weight excluding hydrogens is 358 g/mol. The lowest BCUT2D eigenvalue weighted by molar-refractivity contribution is 0.102. The molecule has 1 aromatic heterocycles. The van der Waals surface area contributed by atoms with Crippen LogP contribution in [0.5, 0.6) is 17.2 Å². The molecule has 0 fully saturated rings. The van der Waals surface area contributed by atoms with Gasteiger partial charge < -0.3 is 19.5 Å². The summed E-state index contributed by atoms with van der Waals surface area (Å²) < 4.78 is 18.0. The van der Waals surface area contributed by atoms with Crippen LogP contribution < -0.4 is 19.5 Å². The SMILES string of the molecule is COc1ccc(-c2c(C)nn(C)c2NC(=O)c2ccc3c(c2)OCCO3)cc1. The second kappa shape index (κ2) is 7.26. The molecule has 2 heterocycles. The number of hydrogen-bond acceptors (Lipinski definition) is 5. The van der Waals surface area contributed by atoms with E-state index in [4.69, 9.17) is 14.2 Å². The third-order valence-electron chi connectivity index (χ3n) is 4.64. The first-order chi connectivity index (χ1) is 13.6. The van der Waals surface area contributed by atoms with E-state index in [1.54, 1.807) is 37.0 Å². The first kappa shape index (κ1) is 17.9. The third-order valence-corrected chi connectivity index (χ3v) is 4.64. The molecule has 1 aliphatic heterocycles. The number of aromatic nitrogens is 2. The highest BCUT2D eigenvalue weighted by Crippen LogP contribution is 2.34. The molecule has 144 valence electrons. The normalized spacial score (nSPS) is 12.5. The van der Waals surface area contributed by atoms with Gasteiger partial charge in [0.25, 0.3) is 5.91 Å². The van der Waals surface area contributed by atoms with Gasteiger partial charge in [-0.05, 0) is 42.8 Å². The van der Waals surface area contributed by atoms with Gasteiger partial charge >= 0.3 is 0 Å². The van der Waals surface area contributed by atoms with Crippen LogP contribution in [0.25, 0.3) is 11.1 Å². The van der Waals surface area contributed by atoms with Gasteiger partial charge in [-0.25, -0.2) is 0 Å². The second-order valence-electron chi connectivity index (χ2n) is 6.47. The van der Waals surface area contributed by atoms with Crippen molar-refractivity contribution in [3.05, 3.63) is 53.7 Å². The van der Waals surface area contributed by atoms with Crippen molar-refractivity contribution in [2.75, 3.05) is 25.6 Å². The molecule has 3 aromatic rings. The molecule has 7 nitrogen and oxygen atoms in total. The molecule has 0 unspecified atom stereocenters. The summed E-state index contributed by atoms with van der Waals surface area (Å²) in [6.45, 7) is 2.90. The Kier molecular flexibility index (Phi) is 4.65. The molecule has 0 bridgehead atoms. The molecule has 0 spiro atoms. The highest BCUT2D eigenvalue weighted by atomic mass is 16.6.